The maximum Gasteiger partial charge on any atom is 0.142 e. The molecule has 0 aliphatic heterocycles. The Kier molecular flexibility index (Phi) is 5.30. The summed E-state index contributed by atoms with van der Waals surface area (Å²) >= 11 is -1.16. The highest BCUT2D eigenvalue weighted by atomic mass is 32.2. The van der Waals surface area contributed by atoms with E-state index in [4.69, 9.17) is 0 Å². The third kappa shape index (κ3) is 3.87. The first-order valence-corrected chi connectivity index (χ1v) is 7.62. The van der Waals surface area contributed by atoms with Gasteiger partial charge in [0, 0.05) is 11.4 Å². The van der Waals surface area contributed by atoms with Crippen LogP contribution in [0.1, 0.15) is 53.4 Å². The van der Waals surface area contributed by atoms with Gasteiger partial charge in [0.25, 0.3) is 0 Å². The first-order chi connectivity index (χ1) is 7.90. The van der Waals surface area contributed by atoms with Gasteiger partial charge in [-0.25, -0.2) is 0 Å². The molecule has 1 fully saturated rings. The number of hydrogen-bond donors (Lipinski definition) is 1. The fourth-order valence-corrected chi connectivity index (χ4v) is 3.02. The second kappa shape index (κ2) is 6.08. The minimum Gasteiger partial charge on any atom is -0.598 e. The molecule has 1 saturated carbocycles. The molecule has 2 unspecified atom stereocenters. The van der Waals surface area contributed by atoms with E-state index in [0.717, 1.165) is 6.42 Å². The molecule has 0 aromatic rings. The van der Waals surface area contributed by atoms with E-state index >= 15 is 0 Å². The molecule has 4 heteroatoms. The zero-order valence-corrected chi connectivity index (χ0v) is 12.1. The van der Waals surface area contributed by atoms with Gasteiger partial charge in [0.2, 0.25) is 0 Å². The highest BCUT2D eigenvalue weighted by Crippen LogP contribution is 2.37. The predicted molar refractivity (Wildman–Crippen MR) is 71.6 cm³/mol. The van der Waals surface area contributed by atoms with Gasteiger partial charge in [-0.05, 0) is 32.6 Å². The second-order valence-corrected chi connectivity index (χ2v) is 7.87. The largest absolute Gasteiger partial charge is 0.598 e. The van der Waals surface area contributed by atoms with Crippen molar-refractivity contribution in [3.8, 4) is 6.07 Å². The van der Waals surface area contributed by atoms with Gasteiger partial charge in [-0.2, -0.15) is 5.26 Å². The second-order valence-electron chi connectivity index (χ2n) is 5.87. The van der Waals surface area contributed by atoms with Crippen LogP contribution in [-0.2, 0) is 11.4 Å². The van der Waals surface area contributed by atoms with Crippen molar-refractivity contribution in [3.63, 3.8) is 0 Å². The maximum atomic E-state index is 12.0. The van der Waals surface area contributed by atoms with E-state index in [1.807, 2.05) is 20.8 Å². The number of nitrogens with zero attached hydrogens (tertiary/aromatic N) is 1. The summed E-state index contributed by atoms with van der Waals surface area (Å²) in [6.07, 6.45) is 4.71. The van der Waals surface area contributed by atoms with E-state index < -0.39 is 11.4 Å². The minimum atomic E-state index is -1.16. The van der Waals surface area contributed by atoms with Gasteiger partial charge in [0.05, 0.1) is 6.07 Å². The van der Waals surface area contributed by atoms with Gasteiger partial charge < -0.3 is 4.55 Å². The Morgan fingerprint density at radius 3 is 2.35 bits per heavy atom. The highest BCUT2D eigenvalue weighted by molar-refractivity contribution is 7.90. The fourth-order valence-electron chi connectivity index (χ4n) is 2.21. The first kappa shape index (κ1) is 14.8. The van der Waals surface area contributed by atoms with Crippen LogP contribution in [0.15, 0.2) is 0 Å². The smallest absolute Gasteiger partial charge is 0.142 e. The van der Waals surface area contributed by atoms with Crippen LogP contribution in [0.4, 0.5) is 0 Å². The summed E-state index contributed by atoms with van der Waals surface area (Å²) in [4.78, 5) is 0. The Hall–Kier alpha value is -0.240. The van der Waals surface area contributed by atoms with Gasteiger partial charge in [0.15, 0.2) is 0 Å². The fraction of sp³-hybridized carbons (Fsp3) is 0.923. The number of nitriles is 1. The average Bonchev–Trinajstić information content (AvgIpc) is 2.18. The van der Waals surface area contributed by atoms with E-state index in [1.54, 1.807) is 0 Å². The van der Waals surface area contributed by atoms with Crippen LogP contribution in [0.3, 0.4) is 0 Å². The van der Waals surface area contributed by atoms with E-state index in [-0.39, 0.29) is 10.8 Å². The quantitative estimate of drug-likeness (QED) is 0.769. The Bertz CT molecular complexity index is 278. The summed E-state index contributed by atoms with van der Waals surface area (Å²) in [5.41, 5.74) is 0. The van der Waals surface area contributed by atoms with Crippen LogP contribution >= 0.6 is 0 Å². The zero-order valence-electron chi connectivity index (χ0n) is 11.3. The molecule has 0 heterocycles. The lowest BCUT2D eigenvalue weighted by Gasteiger charge is -2.36. The standard InChI is InChI=1S/C13H24N2OS/c1-5-11(10-7-6-8-10)12(9-14)15-17(16)13(2,3)4/h10-12,15H,5-8H2,1-4H3/t11?,12-,17?/m1/s1. The lowest BCUT2D eigenvalue weighted by Crippen LogP contribution is -2.49. The lowest BCUT2D eigenvalue weighted by molar-refractivity contribution is 0.183. The van der Waals surface area contributed by atoms with E-state index in [0.29, 0.717) is 11.8 Å². The van der Waals surface area contributed by atoms with Crippen LogP contribution in [0, 0.1) is 23.2 Å². The summed E-state index contributed by atoms with van der Waals surface area (Å²) in [5.74, 6) is 0.995. The van der Waals surface area contributed by atoms with Gasteiger partial charge in [-0.15, -0.1) is 4.72 Å². The molecular weight excluding hydrogens is 232 g/mol. The normalized spacial score (nSPS) is 22.4. The monoisotopic (exact) mass is 256 g/mol. The lowest BCUT2D eigenvalue weighted by atomic mass is 9.72. The van der Waals surface area contributed by atoms with Crippen LogP contribution in [0.2, 0.25) is 0 Å². The SMILES string of the molecule is CCC(C1CCC1)[C@@H](C#N)N[S+]([O-])C(C)(C)C. The van der Waals surface area contributed by atoms with Crippen molar-refractivity contribution in [1.82, 2.24) is 4.72 Å². The van der Waals surface area contributed by atoms with Crippen LogP contribution in [-0.4, -0.2) is 15.3 Å². The van der Waals surface area contributed by atoms with Crippen LogP contribution in [0.5, 0.6) is 0 Å². The van der Waals surface area contributed by atoms with Crippen LogP contribution in [0.25, 0.3) is 0 Å². The molecule has 3 nitrogen and oxygen atoms in total. The molecule has 0 aromatic heterocycles. The predicted octanol–water partition coefficient (Wildman–Crippen LogP) is 2.76. The summed E-state index contributed by atoms with van der Waals surface area (Å²) in [6.45, 7) is 7.90. The molecule has 0 saturated heterocycles. The molecule has 1 aliphatic rings. The van der Waals surface area contributed by atoms with Crippen molar-refractivity contribution in [2.24, 2.45) is 11.8 Å². The number of nitrogens with one attached hydrogen (secondary N) is 1. The highest BCUT2D eigenvalue weighted by Gasteiger charge is 2.37. The van der Waals surface area contributed by atoms with E-state index in [2.05, 4.69) is 17.7 Å². The molecule has 1 rings (SSSR count). The Balaban J connectivity index is 2.60. The maximum absolute atomic E-state index is 12.0. The Labute approximate surface area is 108 Å². The van der Waals surface area contributed by atoms with Gasteiger partial charge in [0.1, 0.15) is 10.8 Å². The third-order valence-electron chi connectivity index (χ3n) is 3.58. The van der Waals surface area contributed by atoms with Crippen molar-refractivity contribution >= 4 is 11.4 Å². The summed E-state index contributed by atoms with van der Waals surface area (Å²) in [6, 6.07) is 2.03. The molecule has 98 valence electrons. The van der Waals surface area contributed by atoms with E-state index in [1.165, 1.54) is 19.3 Å². The van der Waals surface area contributed by atoms with Gasteiger partial charge in [-0.1, -0.05) is 32.6 Å². The summed E-state index contributed by atoms with van der Waals surface area (Å²) in [7, 11) is 0. The molecular formula is C13H24N2OS. The van der Waals surface area contributed by atoms with Crippen molar-refractivity contribution in [2.45, 2.75) is 64.2 Å². The van der Waals surface area contributed by atoms with Crippen LogP contribution < -0.4 is 4.72 Å². The van der Waals surface area contributed by atoms with Crippen molar-refractivity contribution < 1.29 is 4.55 Å². The average molecular weight is 256 g/mol. The number of rotatable bonds is 5. The molecule has 3 atom stereocenters. The molecule has 0 bridgehead atoms. The molecule has 1 N–H and O–H groups in total. The molecule has 0 amide bonds. The summed E-state index contributed by atoms with van der Waals surface area (Å²) < 4.78 is 14.7. The summed E-state index contributed by atoms with van der Waals surface area (Å²) in [5, 5.41) is 9.26. The minimum absolute atomic E-state index is 0.273. The molecule has 1 aliphatic carbocycles. The molecule has 0 radical (unpaired) electrons. The first-order valence-electron chi connectivity index (χ1n) is 6.47. The number of hydrogen-bond acceptors (Lipinski definition) is 3. The van der Waals surface area contributed by atoms with Gasteiger partial charge in [-0.3, -0.25) is 0 Å². The third-order valence-corrected chi connectivity index (χ3v) is 5.16. The van der Waals surface area contributed by atoms with Gasteiger partial charge >= 0.3 is 0 Å². The Morgan fingerprint density at radius 1 is 1.47 bits per heavy atom. The Morgan fingerprint density at radius 2 is 2.06 bits per heavy atom. The van der Waals surface area contributed by atoms with Crippen molar-refractivity contribution in [3.05, 3.63) is 0 Å². The molecule has 17 heavy (non-hydrogen) atoms. The van der Waals surface area contributed by atoms with Crippen molar-refractivity contribution in [1.29, 1.82) is 5.26 Å². The van der Waals surface area contributed by atoms with E-state index in [9.17, 15) is 9.81 Å². The molecule has 0 aromatic carbocycles. The molecule has 0 spiro atoms. The van der Waals surface area contributed by atoms with Crippen molar-refractivity contribution in [2.75, 3.05) is 0 Å². The topological polar surface area (TPSA) is 58.9 Å². The zero-order chi connectivity index (χ0) is 13.1.